The largest absolute Gasteiger partial charge is 0.385 e. The van der Waals surface area contributed by atoms with E-state index in [1.807, 2.05) is 11.8 Å². The molecule has 0 aromatic heterocycles. The molecule has 1 aromatic carbocycles. The Morgan fingerprint density at radius 2 is 2.12 bits per heavy atom. The molecule has 1 N–H and O–H groups in total. The van der Waals surface area contributed by atoms with E-state index in [0.717, 1.165) is 19.6 Å². The Bertz CT molecular complexity index is 304. The van der Waals surface area contributed by atoms with Crippen molar-refractivity contribution < 1.29 is 4.74 Å². The lowest BCUT2D eigenvalue weighted by atomic mass is 10.1. The summed E-state index contributed by atoms with van der Waals surface area (Å²) in [7, 11) is 1.75. The summed E-state index contributed by atoms with van der Waals surface area (Å²) >= 11 is 2.00. The fourth-order valence-corrected chi connectivity index (χ4v) is 2.30. The maximum Gasteiger partial charge on any atom is 0.0503 e. The first-order valence-electron chi connectivity index (χ1n) is 6.27. The summed E-state index contributed by atoms with van der Waals surface area (Å²) in [5.41, 5.74) is 2.60. The second-order valence-electron chi connectivity index (χ2n) is 3.88. The minimum absolute atomic E-state index is 0.782. The van der Waals surface area contributed by atoms with Crippen LogP contribution in [0.3, 0.4) is 0 Å². The van der Waals surface area contributed by atoms with Crippen LogP contribution in [0.25, 0.3) is 0 Å². The average molecular weight is 253 g/mol. The minimum atomic E-state index is 0.782. The zero-order valence-corrected chi connectivity index (χ0v) is 11.7. The first kappa shape index (κ1) is 14.4. The third kappa shape index (κ3) is 5.99. The van der Waals surface area contributed by atoms with Crippen LogP contribution in [0, 0.1) is 0 Å². The van der Waals surface area contributed by atoms with Crippen LogP contribution < -0.4 is 5.32 Å². The van der Waals surface area contributed by atoms with Gasteiger partial charge in [-0.15, -0.1) is 0 Å². The number of hydrogen-bond acceptors (Lipinski definition) is 3. The van der Waals surface area contributed by atoms with Gasteiger partial charge in [0, 0.05) is 19.3 Å². The van der Waals surface area contributed by atoms with Crippen LogP contribution in [-0.2, 0) is 11.2 Å². The van der Waals surface area contributed by atoms with Gasteiger partial charge in [0.2, 0.25) is 0 Å². The summed E-state index contributed by atoms with van der Waals surface area (Å²) in [6.07, 6.45) is 2.19. The molecule has 0 heterocycles. The summed E-state index contributed by atoms with van der Waals surface area (Å²) in [5, 5.41) is 3.51. The standard InChI is InChI=1S/C14H23NOS/c1-3-17-12-6-10-15-14-8-5-4-7-13(14)9-11-16-2/h4-5,7-8,15H,3,6,9-12H2,1-2H3. The highest BCUT2D eigenvalue weighted by Gasteiger charge is 2.00. The third-order valence-corrected chi connectivity index (χ3v) is 3.56. The topological polar surface area (TPSA) is 21.3 Å². The van der Waals surface area contributed by atoms with Crippen molar-refractivity contribution in [2.24, 2.45) is 0 Å². The van der Waals surface area contributed by atoms with Crippen molar-refractivity contribution in [3.05, 3.63) is 29.8 Å². The molecule has 17 heavy (non-hydrogen) atoms. The van der Waals surface area contributed by atoms with Crippen molar-refractivity contribution in [3.63, 3.8) is 0 Å². The Morgan fingerprint density at radius 1 is 1.29 bits per heavy atom. The Balaban J connectivity index is 2.35. The molecular weight excluding hydrogens is 230 g/mol. The quantitative estimate of drug-likeness (QED) is 0.681. The predicted molar refractivity (Wildman–Crippen MR) is 78.1 cm³/mol. The van der Waals surface area contributed by atoms with Gasteiger partial charge in [0.15, 0.2) is 0 Å². The lowest BCUT2D eigenvalue weighted by molar-refractivity contribution is 0.202. The Morgan fingerprint density at radius 3 is 2.88 bits per heavy atom. The third-order valence-electron chi connectivity index (χ3n) is 2.58. The van der Waals surface area contributed by atoms with Gasteiger partial charge in [0.05, 0.1) is 6.61 Å². The van der Waals surface area contributed by atoms with Crippen molar-refractivity contribution in [2.75, 3.05) is 37.1 Å². The summed E-state index contributed by atoms with van der Waals surface area (Å²) in [4.78, 5) is 0. The number of nitrogens with one attached hydrogen (secondary N) is 1. The molecule has 0 unspecified atom stereocenters. The average Bonchev–Trinajstić information content (AvgIpc) is 2.37. The van der Waals surface area contributed by atoms with E-state index in [4.69, 9.17) is 4.74 Å². The summed E-state index contributed by atoms with van der Waals surface area (Å²) in [6, 6.07) is 8.49. The molecule has 0 amide bonds. The molecule has 0 bridgehead atoms. The van der Waals surface area contributed by atoms with Crippen LogP contribution in [0.5, 0.6) is 0 Å². The molecule has 0 saturated carbocycles. The summed E-state index contributed by atoms with van der Waals surface area (Å²) in [6.45, 7) is 4.04. The fraction of sp³-hybridized carbons (Fsp3) is 0.571. The monoisotopic (exact) mass is 253 g/mol. The van der Waals surface area contributed by atoms with Gasteiger partial charge >= 0.3 is 0 Å². The highest BCUT2D eigenvalue weighted by atomic mass is 32.2. The number of anilines is 1. The van der Waals surface area contributed by atoms with E-state index in [9.17, 15) is 0 Å². The molecule has 3 heteroatoms. The van der Waals surface area contributed by atoms with Crippen LogP contribution in [0.15, 0.2) is 24.3 Å². The molecule has 0 fully saturated rings. The van der Waals surface area contributed by atoms with Crippen LogP contribution in [0.1, 0.15) is 18.9 Å². The molecule has 96 valence electrons. The van der Waals surface area contributed by atoms with Crippen LogP contribution in [-0.4, -0.2) is 31.8 Å². The van der Waals surface area contributed by atoms with Crippen molar-refractivity contribution in [2.45, 2.75) is 19.8 Å². The van der Waals surface area contributed by atoms with Gasteiger partial charge in [-0.25, -0.2) is 0 Å². The first-order valence-corrected chi connectivity index (χ1v) is 7.42. The second-order valence-corrected chi connectivity index (χ2v) is 5.27. The van der Waals surface area contributed by atoms with E-state index in [1.54, 1.807) is 7.11 Å². The van der Waals surface area contributed by atoms with E-state index >= 15 is 0 Å². The number of hydrogen-bond donors (Lipinski definition) is 1. The van der Waals surface area contributed by atoms with Crippen molar-refractivity contribution in [1.29, 1.82) is 0 Å². The van der Waals surface area contributed by atoms with Gasteiger partial charge in [-0.05, 0) is 36.0 Å². The molecule has 0 aliphatic carbocycles. The molecule has 2 nitrogen and oxygen atoms in total. The van der Waals surface area contributed by atoms with Gasteiger partial charge < -0.3 is 10.1 Å². The van der Waals surface area contributed by atoms with E-state index in [1.165, 1.54) is 29.2 Å². The number of ether oxygens (including phenoxy) is 1. The lowest BCUT2D eigenvalue weighted by Gasteiger charge is -2.11. The molecule has 1 rings (SSSR count). The molecule has 0 aliphatic rings. The molecule has 1 aromatic rings. The van der Waals surface area contributed by atoms with E-state index < -0.39 is 0 Å². The fourth-order valence-electron chi connectivity index (χ4n) is 1.66. The SMILES string of the molecule is CCSCCCNc1ccccc1CCOC. The van der Waals surface area contributed by atoms with Crippen molar-refractivity contribution in [3.8, 4) is 0 Å². The number of rotatable bonds is 9. The zero-order chi connectivity index (χ0) is 12.3. The molecule has 0 atom stereocenters. The van der Waals surface area contributed by atoms with Crippen LogP contribution in [0.4, 0.5) is 5.69 Å². The Hall–Kier alpha value is -0.670. The molecule has 0 saturated heterocycles. The maximum atomic E-state index is 5.13. The van der Waals surface area contributed by atoms with Gasteiger partial charge in [0.25, 0.3) is 0 Å². The summed E-state index contributed by atoms with van der Waals surface area (Å²) in [5.74, 6) is 2.45. The van der Waals surface area contributed by atoms with Crippen LogP contribution in [0.2, 0.25) is 0 Å². The highest BCUT2D eigenvalue weighted by Crippen LogP contribution is 2.15. The van der Waals surface area contributed by atoms with E-state index in [2.05, 4.69) is 36.5 Å². The first-order chi connectivity index (χ1) is 8.38. The Kier molecular flexibility index (Phi) is 7.93. The van der Waals surface area contributed by atoms with Crippen LogP contribution >= 0.6 is 11.8 Å². The Labute approximate surface area is 109 Å². The van der Waals surface area contributed by atoms with E-state index in [0.29, 0.717) is 0 Å². The smallest absolute Gasteiger partial charge is 0.0503 e. The number of benzene rings is 1. The molecule has 0 radical (unpaired) electrons. The number of methoxy groups -OCH3 is 1. The summed E-state index contributed by atoms with van der Waals surface area (Å²) < 4.78 is 5.13. The normalized spacial score (nSPS) is 10.5. The predicted octanol–water partition coefficient (Wildman–Crippen LogP) is 3.43. The maximum absolute atomic E-state index is 5.13. The van der Waals surface area contributed by atoms with Gasteiger partial charge in [0.1, 0.15) is 0 Å². The second kappa shape index (κ2) is 9.37. The van der Waals surface area contributed by atoms with Crippen molar-refractivity contribution in [1.82, 2.24) is 0 Å². The molecule has 0 aliphatic heterocycles. The van der Waals surface area contributed by atoms with Gasteiger partial charge in [-0.2, -0.15) is 11.8 Å². The number of thioether (sulfide) groups is 1. The zero-order valence-electron chi connectivity index (χ0n) is 10.9. The molecular formula is C14H23NOS. The van der Waals surface area contributed by atoms with Gasteiger partial charge in [-0.3, -0.25) is 0 Å². The highest BCUT2D eigenvalue weighted by molar-refractivity contribution is 7.99. The molecule has 0 spiro atoms. The van der Waals surface area contributed by atoms with Crippen molar-refractivity contribution >= 4 is 17.4 Å². The lowest BCUT2D eigenvalue weighted by Crippen LogP contribution is -2.06. The minimum Gasteiger partial charge on any atom is -0.385 e. The van der Waals surface area contributed by atoms with E-state index in [-0.39, 0.29) is 0 Å². The van der Waals surface area contributed by atoms with Gasteiger partial charge in [-0.1, -0.05) is 25.1 Å². The number of para-hydroxylation sites is 1.